The number of ether oxygens (including phenoxy) is 1. The lowest BCUT2D eigenvalue weighted by atomic mass is 9.86. The van der Waals surface area contributed by atoms with Crippen molar-refractivity contribution in [3.8, 4) is 10.4 Å². The topological polar surface area (TPSA) is 92.7 Å². The van der Waals surface area contributed by atoms with Gasteiger partial charge in [0.2, 0.25) is 0 Å². The largest absolute Gasteiger partial charge is 0.480 e. The summed E-state index contributed by atoms with van der Waals surface area (Å²) in [5.74, 6) is -1.18. The summed E-state index contributed by atoms with van der Waals surface area (Å²) in [7, 11) is -2.49. The molecule has 2 atom stereocenters. The van der Waals surface area contributed by atoms with Crippen molar-refractivity contribution in [3.05, 3.63) is 77.3 Å². The van der Waals surface area contributed by atoms with Crippen molar-refractivity contribution in [2.75, 3.05) is 13.7 Å². The average molecular weight is 506 g/mol. The van der Waals surface area contributed by atoms with Gasteiger partial charge in [-0.2, -0.15) is 4.72 Å². The van der Waals surface area contributed by atoms with Crippen LogP contribution in [0.5, 0.6) is 0 Å². The van der Waals surface area contributed by atoms with Crippen LogP contribution in [0.4, 0.5) is 0 Å². The van der Waals surface area contributed by atoms with E-state index in [1.54, 1.807) is 25.3 Å². The fourth-order valence-electron chi connectivity index (χ4n) is 4.45. The van der Waals surface area contributed by atoms with Gasteiger partial charge < -0.3 is 9.84 Å². The standard InChI is InChI=1S/C24H24ClNO5S2/c1-31-15-5-14-23(18-6-3-2-4-7-18)16-24(23,22(27)28)26-33(29,30)21-13-12-20(32-21)17-8-10-19(25)11-9-17/h2-4,6-13,26H,5,14-16H2,1H3,(H,27,28)/t23-,24-/m0/s1. The molecule has 1 saturated carbocycles. The Labute approximate surface area is 202 Å². The molecule has 1 fully saturated rings. The average Bonchev–Trinajstić information content (AvgIpc) is 3.17. The molecule has 1 aliphatic carbocycles. The predicted octanol–water partition coefficient (Wildman–Crippen LogP) is 4.94. The van der Waals surface area contributed by atoms with Crippen LogP contribution in [-0.2, 0) is 25.0 Å². The van der Waals surface area contributed by atoms with Crippen LogP contribution >= 0.6 is 22.9 Å². The van der Waals surface area contributed by atoms with Gasteiger partial charge in [0.05, 0.1) is 0 Å². The first-order valence-electron chi connectivity index (χ1n) is 10.4. The number of sulfonamides is 1. The van der Waals surface area contributed by atoms with Gasteiger partial charge in [-0.3, -0.25) is 4.79 Å². The number of carbonyl (C=O) groups is 1. The number of methoxy groups -OCH3 is 1. The van der Waals surface area contributed by atoms with Gasteiger partial charge in [-0.25, -0.2) is 8.42 Å². The summed E-state index contributed by atoms with van der Waals surface area (Å²) >= 11 is 7.03. The van der Waals surface area contributed by atoms with E-state index in [0.717, 1.165) is 27.3 Å². The normalized spacial score (nSPS) is 22.2. The summed E-state index contributed by atoms with van der Waals surface area (Å²) in [4.78, 5) is 13.3. The highest BCUT2D eigenvalue weighted by molar-refractivity contribution is 7.91. The van der Waals surface area contributed by atoms with Crippen molar-refractivity contribution < 1.29 is 23.1 Å². The van der Waals surface area contributed by atoms with Gasteiger partial charge in [-0.1, -0.05) is 54.1 Å². The Morgan fingerprint density at radius 3 is 2.45 bits per heavy atom. The molecule has 0 unspecified atom stereocenters. The van der Waals surface area contributed by atoms with Crippen LogP contribution in [0.3, 0.4) is 0 Å². The number of carboxylic acid groups (broad SMARTS) is 1. The Kier molecular flexibility index (Phi) is 6.66. The van der Waals surface area contributed by atoms with E-state index < -0.39 is 26.9 Å². The maximum Gasteiger partial charge on any atom is 0.325 e. The number of hydrogen-bond donors (Lipinski definition) is 2. The SMILES string of the molecule is COCCC[C@@]1(c2ccccc2)C[C@]1(NS(=O)(=O)c1ccc(-c2ccc(Cl)cc2)s1)C(=O)O. The van der Waals surface area contributed by atoms with Crippen molar-refractivity contribution in [3.63, 3.8) is 0 Å². The molecule has 174 valence electrons. The molecule has 33 heavy (non-hydrogen) atoms. The molecule has 0 radical (unpaired) electrons. The number of thiophene rings is 1. The van der Waals surface area contributed by atoms with E-state index in [1.165, 1.54) is 6.07 Å². The fourth-order valence-corrected chi connectivity index (χ4v) is 7.31. The van der Waals surface area contributed by atoms with Crippen molar-refractivity contribution in [1.82, 2.24) is 4.72 Å². The Morgan fingerprint density at radius 1 is 1.12 bits per heavy atom. The van der Waals surface area contributed by atoms with Gasteiger partial charge in [-0.15, -0.1) is 11.3 Å². The van der Waals surface area contributed by atoms with Crippen LogP contribution in [0.25, 0.3) is 10.4 Å². The van der Waals surface area contributed by atoms with E-state index in [4.69, 9.17) is 16.3 Å². The Balaban J connectivity index is 1.66. The molecule has 0 bridgehead atoms. The lowest BCUT2D eigenvalue weighted by Crippen LogP contribution is -2.48. The second-order valence-electron chi connectivity index (χ2n) is 8.16. The second-order valence-corrected chi connectivity index (χ2v) is 11.6. The van der Waals surface area contributed by atoms with E-state index in [2.05, 4.69) is 4.72 Å². The van der Waals surface area contributed by atoms with E-state index in [-0.39, 0.29) is 10.6 Å². The molecule has 0 spiro atoms. The molecule has 0 amide bonds. The van der Waals surface area contributed by atoms with Gasteiger partial charge in [0.15, 0.2) is 0 Å². The molecule has 9 heteroatoms. The van der Waals surface area contributed by atoms with Crippen LogP contribution in [0, 0.1) is 0 Å². The van der Waals surface area contributed by atoms with Gasteiger partial charge in [-0.05, 0) is 54.7 Å². The molecule has 1 aromatic heterocycles. The third-order valence-corrected chi connectivity index (χ3v) is 9.56. The van der Waals surface area contributed by atoms with Gasteiger partial charge >= 0.3 is 5.97 Å². The number of nitrogens with one attached hydrogen (secondary N) is 1. The highest BCUT2D eigenvalue weighted by Gasteiger charge is 2.74. The predicted molar refractivity (Wildman–Crippen MR) is 129 cm³/mol. The van der Waals surface area contributed by atoms with Crippen LogP contribution in [0.15, 0.2) is 70.9 Å². The zero-order chi connectivity index (χ0) is 23.7. The minimum atomic E-state index is -4.08. The molecule has 0 saturated heterocycles. The second kappa shape index (κ2) is 9.19. The number of rotatable bonds is 10. The molecule has 6 nitrogen and oxygen atoms in total. The maximum atomic E-state index is 13.3. The summed E-state index contributed by atoms with van der Waals surface area (Å²) in [6.45, 7) is 0.465. The first kappa shape index (κ1) is 23.9. The minimum absolute atomic E-state index is 0.0684. The summed E-state index contributed by atoms with van der Waals surface area (Å²) in [5.41, 5.74) is -0.824. The van der Waals surface area contributed by atoms with Crippen molar-refractivity contribution >= 4 is 38.9 Å². The Morgan fingerprint density at radius 2 is 1.82 bits per heavy atom. The van der Waals surface area contributed by atoms with E-state index in [9.17, 15) is 18.3 Å². The molecule has 2 N–H and O–H groups in total. The fraction of sp³-hybridized carbons (Fsp3) is 0.292. The highest BCUT2D eigenvalue weighted by Crippen LogP contribution is 2.61. The lowest BCUT2D eigenvalue weighted by Gasteiger charge is -2.24. The molecular weight excluding hydrogens is 482 g/mol. The van der Waals surface area contributed by atoms with Crippen LogP contribution < -0.4 is 4.72 Å². The van der Waals surface area contributed by atoms with Crippen LogP contribution in [-0.4, -0.2) is 38.7 Å². The quantitative estimate of drug-likeness (QED) is 0.381. The minimum Gasteiger partial charge on any atom is -0.480 e. The van der Waals surface area contributed by atoms with Gasteiger partial charge in [0, 0.05) is 29.0 Å². The number of halogens is 1. The number of hydrogen-bond acceptors (Lipinski definition) is 5. The zero-order valence-electron chi connectivity index (χ0n) is 18.0. The number of aliphatic carboxylic acids is 1. The smallest absolute Gasteiger partial charge is 0.325 e. The van der Waals surface area contributed by atoms with E-state index in [1.807, 2.05) is 42.5 Å². The molecule has 1 aliphatic rings. The van der Waals surface area contributed by atoms with Gasteiger partial charge in [0.25, 0.3) is 10.0 Å². The molecule has 2 aromatic carbocycles. The summed E-state index contributed by atoms with van der Waals surface area (Å²) in [6.07, 6.45) is 1.28. The third kappa shape index (κ3) is 4.46. The molecule has 1 heterocycles. The van der Waals surface area contributed by atoms with Crippen molar-refractivity contribution in [1.29, 1.82) is 0 Å². The highest BCUT2D eigenvalue weighted by atomic mass is 35.5. The summed E-state index contributed by atoms with van der Waals surface area (Å²) < 4.78 is 34.5. The Hall–Kier alpha value is -2.23. The van der Waals surface area contributed by atoms with E-state index >= 15 is 0 Å². The molecule has 4 rings (SSSR count). The lowest BCUT2D eigenvalue weighted by molar-refractivity contribution is -0.140. The zero-order valence-corrected chi connectivity index (χ0v) is 20.3. The monoisotopic (exact) mass is 505 g/mol. The van der Waals surface area contributed by atoms with Crippen LogP contribution in [0.2, 0.25) is 5.02 Å². The Bertz CT molecular complexity index is 1240. The summed E-state index contributed by atoms with van der Waals surface area (Å²) in [5, 5.41) is 10.8. The summed E-state index contributed by atoms with van der Waals surface area (Å²) in [6, 6.07) is 19.6. The molecular formula is C24H24ClNO5S2. The number of benzene rings is 2. The third-order valence-electron chi connectivity index (χ3n) is 6.19. The number of carboxylic acids is 1. The van der Waals surface area contributed by atoms with Crippen molar-refractivity contribution in [2.45, 2.75) is 34.4 Å². The van der Waals surface area contributed by atoms with Crippen molar-refractivity contribution in [2.24, 2.45) is 0 Å². The van der Waals surface area contributed by atoms with Crippen LogP contribution in [0.1, 0.15) is 24.8 Å². The molecule has 3 aromatic rings. The van der Waals surface area contributed by atoms with Gasteiger partial charge in [0.1, 0.15) is 9.75 Å². The molecule has 0 aliphatic heterocycles. The van der Waals surface area contributed by atoms with E-state index in [0.29, 0.717) is 24.5 Å². The first-order valence-corrected chi connectivity index (χ1v) is 13.1. The first-order chi connectivity index (χ1) is 15.7. The maximum absolute atomic E-state index is 13.3.